The maximum absolute atomic E-state index is 12.9. The second kappa shape index (κ2) is 14.6. The predicted octanol–water partition coefficient (Wildman–Crippen LogP) is 9.17. The standard InChI is InChI=1S/C31H47NO3S/c1-8-30(4,5)22-28(31(6,7)9-2)29(33)35-21-13-11-10-12-20-34-26-17-15-25(16-18-26)32-23-27-19-14-24(3)36-27/h14-19,23,28H,8-13,20-22H2,1-7H3/b32-23+. The number of aryl methyl sites for hydroxylation is 1. The van der Waals surface area contributed by atoms with Crippen LogP contribution < -0.4 is 4.74 Å². The van der Waals surface area contributed by atoms with E-state index >= 15 is 0 Å². The van der Waals surface area contributed by atoms with E-state index in [2.05, 4.69) is 65.6 Å². The minimum Gasteiger partial charge on any atom is -0.494 e. The van der Waals surface area contributed by atoms with E-state index in [1.807, 2.05) is 30.5 Å². The fourth-order valence-corrected chi connectivity index (χ4v) is 4.68. The van der Waals surface area contributed by atoms with Crippen LogP contribution in [0.4, 0.5) is 5.69 Å². The number of carbonyl (C=O) groups excluding carboxylic acids is 1. The number of esters is 1. The number of nitrogens with zero attached hydrogens (tertiary/aromatic N) is 1. The molecule has 36 heavy (non-hydrogen) atoms. The number of rotatable bonds is 16. The van der Waals surface area contributed by atoms with Crippen LogP contribution in [0.1, 0.15) is 96.2 Å². The third kappa shape index (κ3) is 10.5. The largest absolute Gasteiger partial charge is 0.494 e. The van der Waals surface area contributed by atoms with Crippen molar-refractivity contribution in [2.45, 2.75) is 93.4 Å². The van der Waals surface area contributed by atoms with Crippen LogP contribution in [0.5, 0.6) is 5.75 Å². The lowest BCUT2D eigenvalue weighted by Crippen LogP contribution is -2.35. The SMILES string of the molecule is CCC(C)(C)CC(C(=O)OCCCCCCOc1ccc(/N=C/c2ccc(C)s2)cc1)C(C)(C)CC. The molecular formula is C31H47NO3S. The van der Waals surface area contributed by atoms with Crippen LogP contribution in [0.2, 0.25) is 0 Å². The Balaban J connectivity index is 1.63. The van der Waals surface area contributed by atoms with E-state index in [-0.39, 0.29) is 22.7 Å². The van der Waals surface area contributed by atoms with Crippen molar-refractivity contribution in [1.29, 1.82) is 0 Å². The third-order valence-electron chi connectivity index (χ3n) is 7.34. The Labute approximate surface area is 223 Å². The summed E-state index contributed by atoms with van der Waals surface area (Å²) in [5, 5.41) is 0. The average Bonchev–Trinajstić information content (AvgIpc) is 3.28. The summed E-state index contributed by atoms with van der Waals surface area (Å²) in [4.78, 5) is 19.9. The second-order valence-electron chi connectivity index (χ2n) is 11.2. The number of ether oxygens (including phenoxy) is 2. The first kappa shape index (κ1) is 30.1. The normalized spacial score (nSPS) is 13.2. The first-order chi connectivity index (χ1) is 17.1. The number of thiophene rings is 1. The zero-order chi connectivity index (χ0) is 26.6. The van der Waals surface area contributed by atoms with E-state index in [9.17, 15) is 4.79 Å². The molecule has 2 aromatic rings. The molecule has 0 aliphatic carbocycles. The van der Waals surface area contributed by atoms with Gasteiger partial charge in [-0.2, -0.15) is 0 Å². The van der Waals surface area contributed by atoms with Gasteiger partial charge in [-0.15, -0.1) is 11.3 Å². The number of aliphatic imine (C=N–C) groups is 1. The molecule has 0 bridgehead atoms. The van der Waals surface area contributed by atoms with Crippen molar-refractivity contribution in [3.8, 4) is 5.75 Å². The van der Waals surface area contributed by atoms with Gasteiger partial charge in [0.05, 0.1) is 24.8 Å². The van der Waals surface area contributed by atoms with E-state index < -0.39 is 0 Å². The molecule has 0 saturated heterocycles. The van der Waals surface area contributed by atoms with Gasteiger partial charge in [0.2, 0.25) is 0 Å². The molecule has 1 heterocycles. The third-order valence-corrected chi connectivity index (χ3v) is 8.28. The Morgan fingerprint density at radius 3 is 2.19 bits per heavy atom. The van der Waals surface area contributed by atoms with E-state index in [1.165, 1.54) is 4.88 Å². The Bertz CT molecular complexity index is 943. The highest BCUT2D eigenvalue weighted by Gasteiger charge is 2.38. The highest BCUT2D eigenvalue weighted by atomic mass is 32.1. The van der Waals surface area contributed by atoms with Crippen LogP contribution in [0, 0.1) is 23.7 Å². The van der Waals surface area contributed by atoms with E-state index in [0.29, 0.717) is 13.2 Å². The Hall–Kier alpha value is -2.14. The fraction of sp³-hybridized carbons (Fsp3) is 0.613. The van der Waals surface area contributed by atoms with Crippen molar-refractivity contribution < 1.29 is 14.3 Å². The lowest BCUT2D eigenvalue weighted by molar-refractivity contribution is -0.154. The summed E-state index contributed by atoms with van der Waals surface area (Å²) < 4.78 is 11.6. The molecule has 0 spiro atoms. The Kier molecular flexibility index (Phi) is 12.2. The number of hydrogen-bond donors (Lipinski definition) is 0. The van der Waals surface area contributed by atoms with Crippen LogP contribution in [0.3, 0.4) is 0 Å². The first-order valence-electron chi connectivity index (χ1n) is 13.6. The van der Waals surface area contributed by atoms with Crippen LogP contribution >= 0.6 is 11.3 Å². The van der Waals surface area contributed by atoms with Crippen molar-refractivity contribution in [3.05, 3.63) is 46.2 Å². The molecule has 0 saturated carbocycles. The first-order valence-corrected chi connectivity index (χ1v) is 14.4. The zero-order valence-corrected chi connectivity index (χ0v) is 24.4. The molecule has 0 N–H and O–H groups in total. The van der Waals surface area contributed by atoms with Crippen LogP contribution in [0.15, 0.2) is 41.4 Å². The van der Waals surface area contributed by atoms with Crippen molar-refractivity contribution >= 4 is 29.2 Å². The molecule has 0 aliphatic rings. The van der Waals surface area contributed by atoms with Crippen molar-refractivity contribution in [2.24, 2.45) is 21.7 Å². The Morgan fingerprint density at radius 1 is 0.944 bits per heavy atom. The van der Waals surface area contributed by atoms with Crippen LogP contribution in [-0.2, 0) is 9.53 Å². The summed E-state index contributed by atoms with van der Waals surface area (Å²) in [5.41, 5.74) is 1.02. The number of hydrogen-bond acceptors (Lipinski definition) is 5. The molecule has 1 aromatic heterocycles. The summed E-state index contributed by atoms with van der Waals surface area (Å²) in [5.74, 6) is 0.794. The van der Waals surface area contributed by atoms with Gasteiger partial charge in [0.25, 0.3) is 0 Å². The van der Waals surface area contributed by atoms with Gasteiger partial charge in [0, 0.05) is 16.0 Å². The average molecular weight is 514 g/mol. The molecule has 5 heteroatoms. The van der Waals surface area contributed by atoms with Gasteiger partial charge in [-0.1, -0.05) is 54.4 Å². The molecule has 2 rings (SSSR count). The van der Waals surface area contributed by atoms with Gasteiger partial charge < -0.3 is 9.47 Å². The monoisotopic (exact) mass is 513 g/mol. The molecule has 0 aliphatic heterocycles. The quantitative estimate of drug-likeness (QED) is 0.128. The lowest BCUT2D eigenvalue weighted by Gasteiger charge is -2.37. The van der Waals surface area contributed by atoms with E-state index in [0.717, 1.165) is 61.3 Å². The van der Waals surface area contributed by atoms with Gasteiger partial charge in [-0.3, -0.25) is 9.79 Å². The van der Waals surface area contributed by atoms with Gasteiger partial charge >= 0.3 is 5.97 Å². The summed E-state index contributed by atoms with van der Waals surface area (Å²) in [6.45, 7) is 16.5. The molecular weight excluding hydrogens is 466 g/mol. The molecule has 1 unspecified atom stereocenters. The van der Waals surface area contributed by atoms with Crippen LogP contribution in [0.25, 0.3) is 0 Å². The molecule has 0 radical (unpaired) electrons. The van der Waals surface area contributed by atoms with Gasteiger partial charge in [0.15, 0.2) is 0 Å². The molecule has 0 fully saturated rings. The molecule has 4 nitrogen and oxygen atoms in total. The maximum atomic E-state index is 12.9. The maximum Gasteiger partial charge on any atom is 0.309 e. The number of unbranched alkanes of at least 4 members (excludes halogenated alkanes) is 3. The minimum absolute atomic E-state index is 0.0232. The lowest BCUT2D eigenvalue weighted by atomic mass is 9.68. The smallest absolute Gasteiger partial charge is 0.309 e. The molecule has 1 atom stereocenters. The topological polar surface area (TPSA) is 47.9 Å². The predicted molar refractivity (Wildman–Crippen MR) is 154 cm³/mol. The second-order valence-corrected chi connectivity index (χ2v) is 12.6. The molecule has 0 amide bonds. The van der Waals surface area contributed by atoms with Crippen LogP contribution in [-0.4, -0.2) is 25.4 Å². The van der Waals surface area contributed by atoms with Crippen molar-refractivity contribution in [2.75, 3.05) is 13.2 Å². The van der Waals surface area contributed by atoms with Gasteiger partial charge in [0.1, 0.15) is 5.75 Å². The number of benzene rings is 1. The molecule has 1 aromatic carbocycles. The van der Waals surface area contributed by atoms with Gasteiger partial charge in [-0.25, -0.2) is 0 Å². The van der Waals surface area contributed by atoms with Gasteiger partial charge in [-0.05, 0) is 86.3 Å². The summed E-state index contributed by atoms with van der Waals surface area (Å²) in [7, 11) is 0. The summed E-state index contributed by atoms with van der Waals surface area (Å²) >= 11 is 1.74. The number of carbonyl (C=O) groups is 1. The Morgan fingerprint density at radius 2 is 1.61 bits per heavy atom. The highest BCUT2D eigenvalue weighted by molar-refractivity contribution is 7.13. The summed E-state index contributed by atoms with van der Waals surface area (Å²) in [6, 6.07) is 12.1. The van der Waals surface area contributed by atoms with Crippen molar-refractivity contribution in [1.82, 2.24) is 0 Å². The fourth-order valence-electron chi connectivity index (χ4n) is 3.93. The highest BCUT2D eigenvalue weighted by Crippen LogP contribution is 2.40. The summed E-state index contributed by atoms with van der Waals surface area (Å²) in [6.07, 6.45) is 8.80. The van der Waals surface area contributed by atoms with E-state index in [4.69, 9.17) is 9.47 Å². The van der Waals surface area contributed by atoms with E-state index in [1.54, 1.807) is 11.3 Å². The minimum atomic E-state index is -0.0529. The molecule has 200 valence electrons. The zero-order valence-electron chi connectivity index (χ0n) is 23.6. The van der Waals surface area contributed by atoms with Crippen molar-refractivity contribution in [3.63, 3.8) is 0 Å².